The van der Waals surface area contributed by atoms with Crippen molar-refractivity contribution in [3.8, 4) is 0 Å². The van der Waals surface area contributed by atoms with Gasteiger partial charge in [-0.2, -0.15) is 0 Å². The number of imide groups is 1. The van der Waals surface area contributed by atoms with Crippen LogP contribution in [-0.2, 0) is 9.59 Å². The van der Waals surface area contributed by atoms with E-state index in [1.807, 2.05) is 32.0 Å². The molecule has 2 aliphatic rings. The van der Waals surface area contributed by atoms with Crippen LogP contribution >= 0.6 is 23.5 Å². The maximum Gasteiger partial charge on any atom is 0.247 e. The first-order valence-electron chi connectivity index (χ1n) is 6.84. The smallest absolute Gasteiger partial charge is 0.247 e. The fourth-order valence-corrected chi connectivity index (χ4v) is 4.59. The van der Waals surface area contributed by atoms with Gasteiger partial charge in [0.1, 0.15) is 9.63 Å². The molecule has 1 aromatic rings. The number of carbonyl (C=O) groups excluding carboxylic acids is 2. The number of thioether (sulfide) groups is 2. The number of benzene rings is 1. The van der Waals surface area contributed by atoms with E-state index < -0.39 is 0 Å². The van der Waals surface area contributed by atoms with Crippen molar-refractivity contribution < 1.29 is 9.59 Å². The maximum atomic E-state index is 12.5. The van der Waals surface area contributed by atoms with Crippen LogP contribution < -0.4 is 4.90 Å². The molecule has 0 bridgehead atoms. The lowest BCUT2D eigenvalue weighted by molar-refractivity contribution is -0.121. The van der Waals surface area contributed by atoms with Crippen LogP contribution in [0.4, 0.5) is 5.69 Å². The summed E-state index contributed by atoms with van der Waals surface area (Å²) in [5.74, 6) is 0.728. The van der Waals surface area contributed by atoms with Gasteiger partial charge in [-0.25, -0.2) is 4.90 Å². The molecule has 2 amide bonds. The van der Waals surface area contributed by atoms with E-state index in [-0.39, 0.29) is 23.5 Å². The first kappa shape index (κ1) is 14.7. The van der Waals surface area contributed by atoms with Crippen molar-refractivity contribution in [2.24, 2.45) is 4.99 Å². The molecule has 0 N–H and O–H groups in total. The lowest BCUT2D eigenvalue weighted by Gasteiger charge is -2.16. The van der Waals surface area contributed by atoms with Crippen LogP contribution in [0.15, 0.2) is 23.2 Å². The molecule has 2 heterocycles. The Hall–Kier alpha value is -1.27. The number of aliphatic imine (C=N–C) groups is 1. The summed E-state index contributed by atoms with van der Waals surface area (Å²) in [6.45, 7) is 4.81. The molecule has 1 atom stereocenters. The van der Waals surface area contributed by atoms with Crippen molar-refractivity contribution in [3.05, 3.63) is 29.3 Å². The SMILES string of the molecule is Cc1ccc(N2C(=O)C[C@H](SC3=NCCS3)C2=O)cc1C. The van der Waals surface area contributed by atoms with E-state index in [1.165, 1.54) is 16.7 Å². The Labute approximate surface area is 132 Å². The Morgan fingerprint density at radius 1 is 1.29 bits per heavy atom. The van der Waals surface area contributed by atoms with E-state index in [0.29, 0.717) is 5.69 Å². The number of carbonyl (C=O) groups is 2. The quantitative estimate of drug-likeness (QED) is 0.786. The van der Waals surface area contributed by atoms with Crippen molar-refractivity contribution in [2.75, 3.05) is 17.2 Å². The summed E-state index contributed by atoms with van der Waals surface area (Å²) in [7, 11) is 0. The van der Waals surface area contributed by atoms with E-state index in [2.05, 4.69) is 4.99 Å². The second-order valence-corrected chi connectivity index (χ2v) is 7.68. The minimum atomic E-state index is -0.330. The Morgan fingerprint density at radius 3 is 2.76 bits per heavy atom. The predicted octanol–water partition coefficient (Wildman–Crippen LogP) is 2.77. The molecule has 3 rings (SSSR count). The van der Waals surface area contributed by atoms with Gasteiger partial charge in [-0.3, -0.25) is 14.6 Å². The zero-order valence-corrected chi connectivity index (χ0v) is 13.6. The van der Waals surface area contributed by atoms with Gasteiger partial charge in [-0.1, -0.05) is 29.6 Å². The predicted molar refractivity (Wildman–Crippen MR) is 89.2 cm³/mol. The Bertz CT molecular complexity index is 643. The van der Waals surface area contributed by atoms with Gasteiger partial charge in [0.05, 0.1) is 12.2 Å². The monoisotopic (exact) mass is 320 g/mol. The number of hydrogen-bond donors (Lipinski definition) is 0. The van der Waals surface area contributed by atoms with Gasteiger partial charge < -0.3 is 0 Å². The molecule has 0 radical (unpaired) electrons. The normalized spacial score (nSPS) is 22.1. The Morgan fingerprint density at radius 2 is 2.10 bits per heavy atom. The van der Waals surface area contributed by atoms with Crippen LogP contribution in [0.25, 0.3) is 0 Å². The molecule has 0 spiro atoms. The van der Waals surface area contributed by atoms with Crippen LogP contribution in [0, 0.1) is 13.8 Å². The molecular weight excluding hydrogens is 304 g/mol. The minimum absolute atomic E-state index is 0.121. The van der Waals surface area contributed by atoms with Crippen molar-refractivity contribution in [3.63, 3.8) is 0 Å². The average molecular weight is 320 g/mol. The van der Waals surface area contributed by atoms with Gasteiger partial charge in [0.2, 0.25) is 11.8 Å². The minimum Gasteiger partial charge on any atom is -0.274 e. The van der Waals surface area contributed by atoms with Crippen LogP contribution in [0.2, 0.25) is 0 Å². The number of hydrogen-bond acceptors (Lipinski definition) is 5. The largest absolute Gasteiger partial charge is 0.274 e. The van der Waals surface area contributed by atoms with Gasteiger partial charge in [-0.15, -0.1) is 0 Å². The average Bonchev–Trinajstić information content (AvgIpc) is 3.03. The summed E-state index contributed by atoms with van der Waals surface area (Å²) < 4.78 is 0.933. The zero-order chi connectivity index (χ0) is 15.0. The van der Waals surface area contributed by atoms with Crippen LogP contribution in [0.1, 0.15) is 17.5 Å². The molecule has 21 heavy (non-hydrogen) atoms. The topological polar surface area (TPSA) is 49.7 Å². The number of amides is 2. The Kier molecular flexibility index (Phi) is 4.08. The molecule has 0 saturated carbocycles. The molecule has 1 saturated heterocycles. The first-order chi connectivity index (χ1) is 10.1. The molecule has 1 fully saturated rings. The van der Waals surface area contributed by atoms with E-state index in [1.54, 1.807) is 11.8 Å². The molecule has 0 aromatic heterocycles. The highest BCUT2D eigenvalue weighted by Gasteiger charge is 2.41. The molecule has 0 unspecified atom stereocenters. The summed E-state index contributed by atoms with van der Waals surface area (Å²) in [6.07, 6.45) is 0.260. The highest BCUT2D eigenvalue weighted by atomic mass is 32.2. The van der Waals surface area contributed by atoms with Crippen LogP contribution in [-0.4, -0.2) is 33.7 Å². The van der Waals surface area contributed by atoms with E-state index in [9.17, 15) is 9.59 Å². The van der Waals surface area contributed by atoms with Gasteiger partial charge in [0.15, 0.2) is 0 Å². The lowest BCUT2D eigenvalue weighted by Crippen LogP contribution is -2.31. The molecule has 110 valence electrons. The third-order valence-corrected chi connectivity index (χ3v) is 6.04. The highest BCUT2D eigenvalue weighted by molar-refractivity contribution is 8.39. The summed E-state index contributed by atoms with van der Waals surface area (Å²) in [4.78, 5) is 30.4. The fraction of sp³-hybridized carbons (Fsp3) is 0.400. The number of anilines is 1. The summed E-state index contributed by atoms with van der Waals surface area (Å²) in [6, 6.07) is 5.69. The second-order valence-electron chi connectivity index (χ2n) is 5.14. The third-order valence-electron chi connectivity index (χ3n) is 3.65. The second kappa shape index (κ2) is 5.85. The van der Waals surface area contributed by atoms with Crippen molar-refractivity contribution in [1.82, 2.24) is 0 Å². The van der Waals surface area contributed by atoms with Crippen molar-refractivity contribution >= 4 is 45.4 Å². The van der Waals surface area contributed by atoms with E-state index in [4.69, 9.17) is 0 Å². The lowest BCUT2D eigenvalue weighted by atomic mass is 10.1. The van der Waals surface area contributed by atoms with Crippen molar-refractivity contribution in [1.29, 1.82) is 0 Å². The molecule has 0 aliphatic carbocycles. The van der Waals surface area contributed by atoms with E-state index in [0.717, 1.165) is 27.8 Å². The molecule has 1 aromatic carbocycles. The fourth-order valence-electron chi connectivity index (χ4n) is 2.34. The number of aryl methyl sites for hydroxylation is 2. The number of rotatable bonds is 2. The summed E-state index contributed by atoms with van der Waals surface area (Å²) >= 11 is 3.10. The van der Waals surface area contributed by atoms with Gasteiger partial charge in [-0.05, 0) is 37.1 Å². The highest BCUT2D eigenvalue weighted by Crippen LogP contribution is 2.34. The molecular formula is C15H16N2O2S2. The third kappa shape index (κ3) is 2.87. The molecule has 2 aliphatic heterocycles. The van der Waals surface area contributed by atoms with Crippen LogP contribution in [0.3, 0.4) is 0 Å². The summed E-state index contributed by atoms with van der Waals surface area (Å²) in [5, 5.41) is -0.330. The standard InChI is InChI=1S/C15H16N2O2S2/c1-9-3-4-11(7-10(9)2)17-13(18)8-12(14(17)19)21-15-16-5-6-20-15/h3-4,7,12H,5-6,8H2,1-2H3/t12-/m0/s1. The molecule has 4 nitrogen and oxygen atoms in total. The zero-order valence-electron chi connectivity index (χ0n) is 12.0. The molecule has 6 heteroatoms. The summed E-state index contributed by atoms with van der Waals surface area (Å²) in [5.41, 5.74) is 2.91. The van der Waals surface area contributed by atoms with Crippen LogP contribution in [0.5, 0.6) is 0 Å². The number of nitrogens with zero attached hydrogens (tertiary/aromatic N) is 2. The maximum absolute atomic E-state index is 12.5. The Balaban J connectivity index is 1.81. The van der Waals surface area contributed by atoms with E-state index >= 15 is 0 Å². The van der Waals surface area contributed by atoms with Gasteiger partial charge >= 0.3 is 0 Å². The van der Waals surface area contributed by atoms with Gasteiger partial charge in [0.25, 0.3) is 0 Å². The first-order valence-corrected chi connectivity index (χ1v) is 8.71. The van der Waals surface area contributed by atoms with Gasteiger partial charge in [0, 0.05) is 12.2 Å². The van der Waals surface area contributed by atoms with Crippen molar-refractivity contribution in [2.45, 2.75) is 25.5 Å².